The van der Waals surface area contributed by atoms with Gasteiger partial charge in [-0.05, 0) is 43.9 Å². The monoisotopic (exact) mass is 345 g/mol. The molecule has 2 aliphatic rings. The van der Waals surface area contributed by atoms with Crippen LogP contribution >= 0.6 is 0 Å². The molecule has 8 heteroatoms. The third-order valence-corrected chi connectivity index (χ3v) is 5.52. The van der Waals surface area contributed by atoms with Gasteiger partial charge in [0.05, 0.1) is 6.10 Å². The first-order chi connectivity index (χ1) is 11.2. The third-order valence-electron chi connectivity index (χ3n) is 5.52. The maximum Gasteiger partial charge on any atom is 0.435 e. The van der Waals surface area contributed by atoms with E-state index in [-0.39, 0.29) is 17.2 Å². The first-order valence-corrected chi connectivity index (χ1v) is 8.29. The van der Waals surface area contributed by atoms with Crippen LogP contribution in [0.1, 0.15) is 54.7 Å². The lowest BCUT2D eigenvalue weighted by Gasteiger charge is -2.45. The van der Waals surface area contributed by atoms with Crippen molar-refractivity contribution in [3.63, 3.8) is 0 Å². The van der Waals surface area contributed by atoms with Gasteiger partial charge in [-0.25, -0.2) is 0 Å². The predicted molar refractivity (Wildman–Crippen MR) is 80.3 cm³/mol. The number of piperidine rings is 1. The third kappa shape index (κ3) is 3.29. The molecule has 1 amide bonds. The fourth-order valence-corrected chi connectivity index (χ4v) is 3.87. The number of aryl methyl sites for hydroxylation is 1. The lowest BCUT2D eigenvalue weighted by atomic mass is 9.67. The van der Waals surface area contributed by atoms with E-state index in [9.17, 15) is 23.1 Å². The highest BCUT2D eigenvalue weighted by atomic mass is 19.4. The van der Waals surface area contributed by atoms with Crippen LogP contribution in [0, 0.1) is 5.41 Å². The summed E-state index contributed by atoms with van der Waals surface area (Å²) in [7, 11) is 1.36. The van der Waals surface area contributed by atoms with Gasteiger partial charge >= 0.3 is 6.18 Å². The van der Waals surface area contributed by atoms with Crippen molar-refractivity contribution in [2.24, 2.45) is 12.5 Å². The number of halogens is 3. The number of hydrogen-bond donors (Lipinski definition) is 1. The van der Waals surface area contributed by atoms with Crippen LogP contribution in [-0.2, 0) is 13.2 Å². The summed E-state index contributed by atoms with van der Waals surface area (Å²) in [5, 5.41) is 13.1. The van der Waals surface area contributed by atoms with E-state index in [1.807, 2.05) is 0 Å². The molecule has 1 aromatic rings. The van der Waals surface area contributed by atoms with Crippen LogP contribution in [0.2, 0.25) is 0 Å². The number of hydrogen-bond acceptors (Lipinski definition) is 3. The highest BCUT2D eigenvalue weighted by molar-refractivity contribution is 5.92. The van der Waals surface area contributed by atoms with E-state index < -0.39 is 17.8 Å². The van der Waals surface area contributed by atoms with Crippen molar-refractivity contribution in [1.82, 2.24) is 14.7 Å². The summed E-state index contributed by atoms with van der Waals surface area (Å²) in [4.78, 5) is 14.2. The Morgan fingerprint density at radius 1 is 1.25 bits per heavy atom. The molecule has 0 bridgehead atoms. The topological polar surface area (TPSA) is 58.4 Å². The molecule has 0 atom stereocenters. The number of rotatable bonds is 1. The number of likely N-dealkylation sites (tertiary alicyclic amines) is 1. The molecule has 24 heavy (non-hydrogen) atoms. The number of aromatic nitrogens is 2. The number of alkyl halides is 3. The zero-order valence-corrected chi connectivity index (χ0v) is 13.6. The maximum atomic E-state index is 12.7. The molecule has 134 valence electrons. The van der Waals surface area contributed by atoms with E-state index in [0.29, 0.717) is 13.1 Å². The Morgan fingerprint density at radius 3 is 2.33 bits per heavy atom. The molecule has 1 spiro atoms. The number of aliphatic hydroxyl groups excluding tert-OH is 1. The number of amides is 1. The van der Waals surface area contributed by atoms with Crippen molar-refractivity contribution in [2.75, 3.05) is 13.1 Å². The average Bonchev–Trinajstić information content (AvgIpc) is 2.93. The van der Waals surface area contributed by atoms with Gasteiger partial charge in [-0.1, -0.05) is 0 Å². The molecule has 0 aromatic carbocycles. The second kappa shape index (κ2) is 6.06. The number of aliphatic hydroxyl groups is 1. The van der Waals surface area contributed by atoms with E-state index in [2.05, 4.69) is 5.10 Å². The van der Waals surface area contributed by atoms with E-state index >= 15 is 0 Å². The Hall–Kier alpha value is -1.57. The van der Waals surface area contributed by atoms with Crippen molar-refractivity contribution in [3.8, 4) is 0 Å². The largest absolute Gasteiger partial charge is 0.435 e. The highest BCUT2D eigenvalue weighted by Crippen LogP contribution is 2.44. The summed E-state index contributed by atoms with van der Waals surface area (Å²) in [6.45, 7) is 1.09. The summed E-state index contributed by atoms with van der Waals surface area (Å²) >= 11 is 0. The fourth-order valence-electron chi connectivity index (χ4n) is 3.87. The van der Waals surface area contributed by atoms with E-state index in [4.69, 9.17) is 0 Å². The maximum absolute atomic E-state index is 12.7. The second-order valence-electron chi connectivity index (χ2n) is 7.06. The molecular formula is C16H22F3N3O2. The second-order valence-corrected chi connectivity index (χ2v) is 7.06. The van der Waals surface area contributed by atoms with Crippen molar-refractivity contribution >= 4 is 5.91 Å². The molecule has 0 unspecified atom stereocenters. The molecule has 1 aromatic heterocycles. The molecule has 3 rings (SSSR count). The Bertz CT molecular complexity index is 609. The Labute approximate surface area is 138 Å². The molecule has 1 N–H and O–H groups in total. The summed E-state index contributed by atoms with van der Waals surface area (Å²) in [5.41, 5.74) is -0.889. The van der Waals surface area contributed by atoms with E-state index in [1.165, 1.54) is 7.05 Å². The van der Waals surface area contributed by atoms with Gasteiger partial charge in [0.15, 0.2) is 5.69 Å². The van der Waals surface area contributed by atoms with Crippen LogP contribution in [-0.4, -0.2) is 44.9 Å². The summed E-state index contributed by atoms with van der Waals surface area (Å²) in [5.74, 6) is -0.397. The lowest BCUT2D eigenvalue weighted by Crippen LogP contribution is -2.45. The van der Waals surface area contributed by atoms with Crippen LogP contribution < -0.4 is 0 Å². The first kappa shape index (κ1) is 17.3. The minimum atomic E-state index is -4.55. The van der Waals surface area contributed by atoms with Gasteiger partial charge in [-0.3, -0.25) is 9.48 Å². The Balaban J connectivity index is 1.66. The molecule has 2 heterocycles. The van der Waals surface area contributed by atoms with E-state index in [0.717, 1.165) is 49.3 Å². The van der Waals surface area contributed by atoms with Gasteiger partial charge in [-0.2, -0.15) is 18.3 Å². The molecular weight excluding hydrogens is 323 g/mol. The SMILES string of the molecule is Cn1nc(C(F)(F)F)cc1C(=O)N1CCC2(CCC(O)CC2)CC1. The molecule has 1 saturated carbocycles. The zero-order chi connectivity index (χ0) is 17.5. The normalized spacial score (nSPS) is 22.1. The predicted octanol–water partition coefficient (Wildman–Crippen LogP) is 2.60. The quantitative estimate of drug-likeness (QED) is 0.851. The first-order valence-electron chi connectivity index (χ1n) is 8.29. The molecule has 5 nitrogen and oxygen atoms in total. The molecule has 2 fully saturated rings. The number of carbonyl (C=O) groups is 1. The van der Waals surface area contributed by atoms with Crippen LogP contribution in [0.3, 0.4) is 0 Å². The minimum absolute atomic E-state index is 0.0302. The fraction of sp³-hybridized carbons (Fsp3) is 0.750. The van der Waals surface area contributed by atoms with E-state index in [1.54, 1.807) is 4.90 Å². The highest BCUT2D eigenvalue weighted by Gasteiger charge is 2.40. The van der Waals surface area contributed by atoms with Crippen LogP contribution in [0.5, 0.6) is 0 Å². The molecule has 0 radical (unpaired) electrons. The van der Waals surface area contributed by atoms with Gasteiger partial charge in [0, 0.05) is 26.2 Å². The van der Waals surface area contributed by atoms with Gasteiger partial charge in [-0.15, -0.1) is 0 Å². The summed E-state index contributed by atoms with van der Waals surface area (Å²) in [6.07, 6.45) is 0.427. The number of nitrogens with zero attached hydrogens (tertiary/aromatic N) is 3. The molecule has 1 aliphatic carbocycles. The summed E-state index contributed by atoms with van der Waals surface area (Å²) < 4.78 is 39.2. The van der Waals surface area contributed by atoms with Crippen molar-refractivity contribution in [3.05, 3.63) is 17.5 Å². The standard InChI is InChI=1S/C16H22F3N3O2/c1-21-12(10-13(20-21)16(17,18)19)14(24)22-8-6-15(7-9-22)4-2-11(23)3-5-15/h10-11,23H,2-9H2,1H3. The number of carbonyl (C=O) groups excluding carboxylic acids is 1. The van der Waals surface area contributed by atoms with Crippen LogP contribution in [0.15, 0.2) is 6.07 Å². The van der Waals surface area contributed by atoms with Gasteiger partial charge < -0.3 is 10.0 Å². The van der Waals surface area contributed by atoms with Gasteiger partial charge in [0.1, 0.15) is 5.69 Å². The zero-order valence-electron chi connectivity index (χ0n) is 13.6. The lowest BCUT2D eigenvalue weighted by molar-refractivity contribution is -0.141. The molecule has 1 saturated heterocycles. The van der Waals surface area contributed by atoms with Gasteiger partial charge in [0.25, 0.3) is 5.91 Å². The Kier molecular flexibility index (Phi) is 4.36. The van der Waals surface area contributed by atoms with Gasteiger partial charge in [0.2, 0.25) is 0 Å². The van der Waals surface area contributed by atoms with Crippen molar-refractivity contribution < 1.29 is 23.1 Å². The van der Waals surface area contributed by atoms with Crippen molar-refractivity contribution in [2.45, 2.75) is 50.8 Å². The summed E-state index contributed by atoms with van der Waals surface area (Å²) in [6, 6.07) is 0.823. The molecule has 1 aliphatic heterocycles. The Morgan fingerprint density at radius 2 is 1.83 bits per heavy atom. The smallest absolute Gasteiger partial charge is 0.393 e. The van der Waals surface area contributed by atoms with Crippen LogP contribution in [0.25, 0.3) is 0 Å². The average molecular weight is 345 g/mol. The van der Waals surface area contributed by atoms with Crippen molar-refractivity contribution in [1.29, 1.82) is 0 Å². The minimum Gasteiger partial charge on any atom is -0.393 e. The van der Waals surface area contributed by atoms with Crippen LogP contribution in [0.4, 0.5) is 13.2 Å².